The average Bonchev–Trinajstić information content (AvgIpc) is 2.36. The molecule has 0 bridgehead atoms. The van der Waals surface area contributed by atoms with Crippen molar-refractivity contribution >= 4 is 5.91 Å². The maximum absolute atomic E-state index is 11.6. The largest absolute Gasteiger partial charge is 0.350 e. The van der Waals surface area contributed by atoms with Gasteiger partial charge in [-0.3, -0.25) is 19.6 Å². The van der Waals surface area contributed by atoms with Gasteiger partial charge >= 0.3 is 5.69 Å². The summed E-state index contributed by atoms with van der Waals surface area (Å²) in [7, 11) is 0. The zero-order valence-electron chi connectivity index (χ0n) is 9.97. The summed E-state index contributed by atoms with van der Waals surface area (Å²) < 4.78 is 0. The van der Waals surface area contributed by atoms with Crippen LogP contribution in [0.3, 0.4) is 0 Å². The van der Waals surface area contributed by atoms with Crippen LogP contribution < -0.4 is 16.6 Å². The number of H-pyrrole nitrogens is 2. The minimum atomic E-state index is -0.625. The number of nitrogens with zero attached hydrogens (tertiary/aromatic N) is 1. The fourth-order valence-electron chi connectivity index (χ4n) is 1.54. The Kier molecular flexibility index (Phi) is 3.87. The van der Waals surface area contributed by atoms with Crippen molar-refractivity contribution in [2.24, 2.45) is 0 Å². The molecule has 2 heterocycles. The van der Waals surface area contributed by atoms with E-state index in [1.807, 2.05) is 11.1 Å². The van der Waals surface area contributed by atoms with Crippen molar-refractivity contribution in [2.75, 3.05) is 0 Å². The van der Waals surface area contributed by atoms with E-state index in [9.17, 15) is 14.4 Å². The average molecular weight is 260 g/mol. The monoisotopic (exact) mass is 260 g/mol. The summed E-state index contributed by atoms with van der Waals surface area (Å²) >= 11 is 0. The summed E-state index contributed by atoms with van der Waals surface area (Å²) in [6.45, 7) is 0.299. The van der Waals surface area contributed by atoms with E-state index < -0.39 is 11.2 Å². The standard InChI is InChI=1S/C12H12N4O3/c17-10(14-7-8-3-1-2-4-13-8)5-9-6-11(18)16-12(19)15-9/h1-4,6H,5,7H2,(H,14,17)(H2,15,16,18,19). The van der Waals surface area contributed by atoms with Crippen molar-refractivity contribution in [3.63, 3.8) is 0 Å². The van der Waals surface area contributed by atoms with E-state index in [4.69, 9.17) is 0 Å². The summed E-state index contributed by atoms with van der Waals surface area (Å²) in [4.78, 5) is 42.2. The zero-order chi connectivity index (χ0) is 13.7. The topological polar surface area (TPSA) is 108 Å². The number of hydrogen-bond donors (Lipinski definition) is 3. The summed E-state index contributed by atoms with van der Waals surface area (Å²) in [5, 5.41) is 2.65. The first-order valence-corrected chi connectivity index (χ1v) is 5.62. The number of carbonyl (C=O) groups excluding carboxylic acids is 1. The van der Waals surface area contributed by atoms with Gasteiger partial charge in [0.25, 0.3) is 5.56 Å². The number of pyridine rings is 1. The van der Waals surface area contributed by atoms with Gasteiger partial charge in [-0.15, -0.1) is 0 Å². The molecule has 7 heteroatoms. The lowest BCUT2D eigenvalue weighted by Crippen LogP contribution is -2.29. The van der Waals surface area contributed by atoms with Crippen LogP contribution >= 0.6 is 0 Å². The highest BCUT2D eigenvalue weighted by Gasteiger charge is 2.05. The van der Waals surface area contributed by atoms with Crippen LogP contribution in [0.15, 0.2) is 40.1 Å². The fourth-order valence-corrected chi connectivity index (χ4v) is 1.54. The molecule has 0 aromatic carbocycles. The molecule has 0 unspecified atom stereocenters. The molecule has 0 aliphatic heterocycles. The van der Waals surface area contributed by atoms with Gasteiger partial charge in [-0.1, -0.05) is 6.07 Å². The van der Waals surface area contributed by atoms with Crippen molar-refractivity contribution in [2.45, 2.75) is 13.0 Å². The van der Waals surface area contributed by atoms with Crippen molar-refractivity contribution in [1.29, 1.82) is 0 Å². The van der Waals surface area contributed by atoms with Crippen molar-refractivity contribution < 1.29 is 4.79 Å². The molecule has 0 atom stereocenters. The Labute approximate surface area is 107 Å². The Morgan fingerprint density at radius 3 is 2.79 bits per heavy atom. The first-order chi connectivity index (χ1) is 9.13. The second-order valence-electron chi connectivity index (χ2n) is 3.89. The minimum absolute atomic E-state index is 0.0635. The number of hydrogen-bond acceptors (Lipinski definition) is 4. The van der Waals surface area contributed by atoms with E-state index in [0.29, 0.717) is 6.54 Å². The molecule has 3 N–H and O–H groups in total. The van der Waals surface area contributed by atoms with Crippen LogP contribution in [0.4, 0.5) is 0 Å². The van der Waals surface area contributed by atoms with Crippen LogP contribution in [0.5, 0.6) is 0 Å². The lowest BCUT2D eigenvalue weighted by atomic mass is 10.2. The van der Waals surface area contributed by atoms with E-state index >= 15 is 0 Å². The summed E-state index contributed by atoms with van der Waals surface area (Å²) in [6.07, 6.45) is 1.57. The summed E-state index contributed by atoms with van der Waals surface area (Å²) in [5.74, 6) is -0.299. The molecule has 2 aromatic rings. The number of amides is 1. The normalized spacial score (nSPS) is 10.1. The van der Waals surface area contributed by atoms with Gasteiger partial charge < -0.3 is 10.3 Å². The van der Waals surface area contributed by atoms with Crippen molar-refractivity contribution in [3.8, 4) is 0 Å². The molecule has 0 radical (unpaired) electrons. The van der Waals surface area contributed by atoms with Gasteiger partial charge in [-0.2, -0.15) is 0 Å². The molecule has 1 amide bonds. The lowest BCUT2D eigenvalue weighted by Gasteiger charge is -2.04. The summed E-state index contributed by atoms with van der Waals surface area (Å²) in [5.41, 5.74) is -0.154. The van der Waals surface area contributed by atoms with Crippen LogP contribution in [0.2, 0.25) is 0 Å². The fraction of sp³-hybridized carbons (Fsp3) is 0.167. The number of aromatic nitrogens is 3. The van der Waals surface area contributed by atoms with Gasteiger partial charge in [0.1, 0.15) is 0 Å². The number of rotatable bonds is 4. The third-order valence-corrected chi connectivity index (χ3v) is 2.36. The van der Waals surface area contributed by atoms with E-state index in [2.05, 4.69) is 15.3 Å². The van der Waals surface area contributed by atoms with Crippen LogP contribution in [0.1, 0.15) is 11.4 Å². The third kappa shape index (κ3) is 3.91. The molecular weight excluding hydrogens is 248 g/mol. The van der Waals surface area contributed by atoms with E-state index in [0.717, 1.165) is 5.69 Å². The number of aromatic amines is 2. The highest BCUT2D eigenvalue weighted by atomic mass is 16.2. The van der Waals surface area contributed by atoms with Gasteiger partial charge in [0.05, 0.1) is 18.7 Å². The van der Waals surface area contributed by atoms with Crippen LogP contribution in [-0.2, 0) is 17.8 Å². The van der Waals surface area contributed by atoms with E-state index in [1.54, 1.807) is 18.3 Å². The quantitative estimate of drug-likeness (QED) is 0.676. The second-order valence-corrected chi connectivity index (χ2v) is 3.89. The molecule has 0 saturated heterocycles. The summed E-state index contributed by atoms with van der Waals surface area (Å²) in [6, 6.07) is 6.58. The molecule has 0 saturated carbocycles. The lowest BCUT2D eigenvalue weighted by molar-refractivity contribution is -0.120. The maximum atomic E-state index is 11.6. The molecule has 2 aromatic heterocycles. The first-order valence-electron chi connectivity index (χ1n) is 5.62. The Balaban J connectivity index is 1.94. The highest BCUT2D eigenvalue weighted by Crippen LogP contribution is 1.93. The van der Waals surface area contributed by atoms with Gasteiger partial charge in [0.2, 0.25) is 5.91 Å². The van der Waals surface area contributed by atoms with Crippen molar-refractivity contribution in [1.82, 2.24) is 20.3 Å². The predicted molar refractivity (Wildman–Crippen MR) is 67.5 cm³/mol. The highest BCUT2D eigenvalue weighted by molar-refractivity contribution is 5.77. The molecule has 0 fully saturated rings. The van der Waals surface area contributed by atoms with Gasteiger partial charge in [-0.25, -0.2) is 4.79 Å². The molecule has 98 valence electrons. The number of carbonyl (C=O) groups is 1. The Morgan fingerprint density at radius 2 is 2.11 bits per heavy atom. The molecular formula is C12H12N4O3. The Morgan fingerprint density at radius 1 is 1.26 bits per heavy atom. The van der Waals surface area contributed by atoms with Crippen LogP contribution in [0.25, 0.3) is 0 Å². The van der Waals surface area contributed by atoms with Gasteiger partial charge in [0.15, 0.2) is 0 Å². The van der Waals surface area contributed by atoms with Crippen LogP contribution in [-0.4, -0.2) is 20.9 Å². The van der Waals surface area contributed by atoms with Gasteiger partial charge in [0, 0.05) is 18.0 Å². The molecule has 0 aliphatic rings. The number of nitrogens with one attached hydrogen (secondary N) is 3. The predicted octanol–water partition coefficient (Wildman–Crippen LogP) is -0.683. The first kappa shape index (κ1) is 12.7. The molecule has 0 spiro atoms. The Hall–Kier alpha value is -2.70. The Bertz CT molecular complexity index is 647. The second kappa shape index (κ2) is 5.76. The molecule has 19 heavy (non-hydrogen) atoms. The van der Waals surface area contributed by atoms with Crippen molar-refractivity contribution in [3.05, 3.63) is 62.7 Å². The molecule has 7 nitrogen and oxygen atoms in total. The molecule has 0 aliphatic carbocycles. The molecule has 2 rings (SSSR count). The maximum Gasteiger partial charge on any atom is 0.325 e. The minimum Gasteiger partial charge on any atom is -0.350 e. The third-order valence-electron chi connectivity index (χ3n) is 2.36. The SMILES string of the molecule is O=C(Cc1cc(=O)[nH]c(=O)[nH]1)NCc1ccccn1. The van der Waals surface area contributed by atoms with E-state index in [-0.39, 0.29) is 18.0 Å². The van der Waals surface area contributed by atoms with E-state index in [1.165, 1.54) is 6.07 Å². The van der Waals surface area contributed by atoms with Crippen LogP contribution in [0, 0.1) is 0 Å². The van der Waals surface area contributed by atoms with Gasteiger partial charge in [-0.05, 0) is 12.1 Å². The zero-order valence-corrected chi connectivity index (χ0v) is 9.97. The smallest absolute Gasteiger partial charge is 0.325 e.